The summed E-state index contributed by atoms with van der Waals surface area (Å²) in [4.78, 5) is 24.3. The highest BCUT2D eigenvalue weighted by atomic mass is 19.1. The molecular weight excluding hydrogens is 267 g/mol. The highest BCUT2D eigenvalue weighted by Gasteiger charge is 2.56. The van der Waals surface area contributed by atoms with E-state index < -0.39 is 29.1 Å². The van der Waals surface area contributed by atoms with Crippen LogP contribution in [0.2, 0.25) is 0 Å². The number of nitrogens with zero attached hydrogens (tertiary/aromatic N) is 2. The summed E-state index contributed by atoms with van der Waals surface area (Å²) in [5, 5.41) is 17.8. The van der Waals surface area contributed by atoms with Crippen LogP contribution in [0, 0.1) is 17.1 Å². The van der Waals surface area contributed by atoms with Crippen molar-refractivity contribution in [2.24, 2.45) is 0 Å². The minimum absolute atomic E-state index is 0.0565. The molecule has 1 aliphatic rings. The Hall–Kier alpha value is -2.88. The van der Waals surface area contributed by atoms with Crippen molar-refractivity contribution in [2.75, 3.05) is 11.9 Å². The number of hydrogen-bond acceptors (Lipinski definition) is 4. The lowest BCUT2D eigenvalue weighted by atomic mass is 9.88. The van der Waals surface area contributed by atoms with Crippen LogP contribution in [-0.4, -0.2) is 24.2 Å². The zero-order valence-corrected chi connectivity index (χ0v) is 10.4. The molecule has 0 spiro atoms. The second-order valence-corrected chi connectivity index (χ2v) is 4.17. The standard InChI is InChI=1S/C13H9FN2O4/c1-7(6-15)13(20-12(18)19)9-5-8(14)3-4-10(9)16(2)11(13)17/h3-5H,1H2,2H3,(H,18,19). The van der Waals surface area contributed by atoms with Crippen LogP contribution in [0.15, 0.2) is 30.4 Å². The van der Waals surface area contributed by atoms with E-state index in [1.807, 2.05) is 0 Å². The summed E-state index contributed by atoms with van der Waals surface area (Å²) < 4.78 is 18.1. The van der Waals surface area contributed by atoms with Gasteiger partial charge in [0, 0.05) is 12.6 Å². The minimum Gasteiger partial charge on any atom is -0.450 e. The average Bonchev–Trinajstić information content (AvgIpc) is 2.60. The number of ether oxygens (including phenoxy) is 1. The van der Waals surface area contributed by atoms with E-state index in [0.717, 1.165) is 17.0 Å². The highest BCUT2D eigenvalue weighted by molar-refractivity contribution is 6.10. The number of rotatable bonds is 2. The van der Waals surface area contributed by atoms with Gasteiger partial charge in [-0.2, -0.15) is 5.26 Å². The maximum Gasteiger partial charge on any atom is 0.507 e. The van der Waals surface area contributed by atoms with Gasteiger partial charge in [0.2, 0.25) is 0 Å². The van der Waals surface area contributed by atoms with Gasteiger partial charge < -0.3 is 14.7 Å². The summed E-state index contributed by atoms with van der Waals surface area (Å²) in [5.74, 6) is -1.50. The van der Waals surface area contributed by atoms with Crippen molar-refractivity contribution >= 4 is 17.7 Å². The summed E-state index contributed by atoms with van der Waals surface area (Å²) >= 11 is 0. The Bertz CT molecular complexity index is 679. The fourth-order valence-corrected chi connectivity index (χ4v) is 2.21. The van der Waals surface area contributed by atoms with E-state index in [9.17, 15) is 14.0 Å². The summed E-state index contributed by atoms with van der Waals surface area (Å²) in [6.07, 6.45) is -1.76. The van der Waals surface area contributed by atoms with Crippen molar-refractivity contribution in [2.45, 2.75) is 5.60 Å². The molecule has 1 N–H and O–H groups in total. The van der Waals surface area contributed by atoms with Crippen molar-refractivity contribution < 1.29 is 23.8 Å². The van der Waals surface area contributed by atoms with E-state index >= 15 is 0 Å². The van der Waals surface area contributed by atoms with Crippen LogP contribution in [-0.2, 0) is 15.1 Å². The normalized spacial score (nSPS) is 20.2. The zero-order chi connectivity index (χ0) is 15.1. The second-order valence-electron chi connectivity index (χ2n) is 4.17. The molecule has 102 valence electrons. The number of halogens is 1. The van der Waals surface area contributed by atoms with Crippen LogP contribution in [0.1, 0.15) is 5.56 Å². The number of amides is 1. The molecular formula is C13H9FN2O4. The van der Waals surface area contributed by atoms with Gasteiger partial charge in [-0.1, -0.05) is 6.58 Å². The molecule has 1 atom stereocenters. The molecule has 0 aliphatic carbocycles. The SMILES string of the molecule is C=C(C#N)C1(OC(=O)O)C(=O)N(C)c2ccc(F)cc21. The van der Waals surface area contributed by atoms with Gasteiger partial charge in [-0.05, 0) is 18.2 Å². The molecule has 0 saturated heterocycles. The number of fused-ring (bicyclic) bond motifs is 1. The number of carboxylic acid groups (broad SMARTS) is 1. The fraction of sp³-hybridized carbons (Fsp3) is 0.154. The topological polar surface area (TPSA) is 90.6 Å². The predicted molar refractivity (Wildman–Crippen MR) is 65.4 cm³/mol. The molecule has 1 heterocycles. The minimum atomic E-state index is -2.23. The Morgan fingerprint density at radius 1 is 1.60 bits per heavy atom. The van der Waals surface area contributed by atoms with E-state index in [1.165, 1.54) is 13.1 Å². The smallest absolute Gasteiger partial charge is 0.450 e. The Labute approximate surface area is 113 Å². The number of anilines is 1. The van der Waals surface area contributed by atoms with Gasteiger partial charge in [0.25, 0.3) is 11.5 Å². The molecule has 0 fully saturated rings. The summed E-state index contributed by atoms with van der Waals surface area (Å²) in [7, 11) is 1.37. The largest absolute Gasteiger partial charge is 0.507 e. The second kappa shape index (κ2) is 4.35. The molecule has 1 aliphatic heterocycles. The Morgan fingerprint density at radius 3 is 2.80 bits per heavy atom. The number of nitriles is 1. The number of carbonyl (C=O) groups excluding carboxylic acids is 1. The van der Waals surface area contributed by atoms with Gasteiger partial charge in [-0.25, -0.2) is 9.18 Å². The van der Waals surface area contributed by atoms with Gasteiger partial charge in [-0.15, -0.1) is 0 Å². The molecule has 0 saturated carbocycles. The molecule has 0 radical (unpaired) electrons. The third-order valence-corrected chi connectivity index (χ3v) is 3.11. The van der Waals surface area contributed by atoms with E-state index in [0.29, 0.717) is 0 Å². The molecule has 0 bridgehead atoms. The first-order chi connectivity index (χ1) is 9.34. The van der Waals surface area contributed by atoms with Crippen LogP contribution in [0.4, 0.5) is 14.9 Å². The molecule has 1 unspecified atom stereocenters. The molecule has 20 heavy (non-hydrogen) atoms. The predicted octanol–water partition coefficient (Wildman–Crippen LogP) is 1.77. The van der Waals surface area contributed by atoms with Gasteiger partial charge in [0.05, 0.1) is 17.3 Å². The number of hydrogen-bond donors (Lipinski definition) is 1. The van der Waals surface area contributed by atoms with Gasteiger partial charge in [-0.3, -0.25) is 4.79 Å². The van der Waals surface area contributed by atoms with Crippen molar-refractivity contribution in [1.82, 2.24) is 0 Å². The lowest BCUT2D eigenvalue weighted by molar-refractivity contribution is -0.133. The zero-order valence-electron chi connectivity index (χ0n) is 10.4. The van der Waals surface area contributed by atoms with Crippen LogP contribution in [0.25, 0.3) is 0 Å². The summed E-state index contributed by atoms with van der Waals surface area (Å²) in [6.45, 7) is 3.37. The van der Waals surface area contributed by atoms with Crippen LogP contribution in [0.3, 0.4) is 0 Å². The maximum atomic E-state index is 13.4. The molecule has 6 nitrogen and oxygen atoms in total. The lowest BCUT2D eigenvalue weighted by Gasteiger charge is -2.25. The Balaban J connectivity index is 2.78. The van der Waals surface area contributed by atoms with E-state index in [2.05, 4.69) is 11.3 Å². The molecule has 1 aromatic carbocycles. The first-order valence-electron chi connectivity index (χ1n) is 5.44. The van der Waals surface area contributed by atoms with Crippen LogP contribution < -0.4 is 4.90 Å². The monoisotopic (exact) mass is 276 g/mol. The number of benzene rings is 1. The fourth-order valence-electron chi connectivity index (χ4n) is 2.21. The Kier molecular flexibility index (Phi) is 2.94. The number of carbonyl (C=O) groups is 2. The number of likely N-dealkylation sites (N-methyl/N-ethyl adjacent to an activating group) is 1. The summed E-state index contributed by atoms with van der Waals surface area (Å²) in [5.41, 5.74) is -2.46. The van der Waals surface area contributed by atoms with Crippen LogP contribution >= 0.6 is 0 Å². The molecule has 1 aromatic rings. The van der Waals surface area contributed by atoms with Crippen LogP contribution in [0.5, 0.6) is 0 Å². The molecule has 2 rings (SSSR count). The average molecular weight is 276 g/mol. The molecule has 0 aromatic heterocycles. The van der Waals surface area contributed by atoms with Crippen molar-refractivity contribution in [3.05, 3.63) is 41.7 Å². The first kappa shape index (κ1) is 13.5. The third-order valence-electron chi connectivity index (χ3n) is 3.11. The lowest BCUT2D eigenvalue weighted by Crippen LogP contribution is -2.43. The van der Waals surface area contributed by atoms with Crippen molar-refractivity contribution in [3.8, 4) is 6.07 Å². The van der Waals surface area contributed by atoms with Gasteiger partial charge in [0.1, 0.15) is 5.82 Å². The van der Waals surface area contributed by atoms with E-state index in [-0.39, 0.29) is 11.3 Å². The molecule has 1 amide bonds. The Morgan fingerprint density at radius 2 is 2.25 bits per heavy atom. The quantitative estimate of drug-likeness (QED) is 0.656. The highest BCUT2D eigenvalue weighted by Crippen LogP contribution is 2.46. The first-order valence-corrected chi connectivity index (χ1v) is 5.44. The third kappa shape index (κ3) is 1.62. The van der Waals surface area contributed by atoms with Gasteiger partial charge >= 0.3 is 6.16 Å². The van der Waals surface area contributed by atoms with Crippen molar-refractivity contribution in [3.63, 3.8) is 0 Å². The summed E-state index contributed by atoms with van der Waals surface area (Å²) in [6, 6.07) is 5.00. The maximum absolute atomic E-state index is 13.4. The van der Waals surface area contributed by atoms with Crippen molar-refractivity contribution in [1.29, 1.82) is 5.26 Å². The van der Waals surface area contributed by atoms with E-state index in [1.54, 1.807) is 6.07 Å². The molecule has 7 heteroatoms. The van der Waals surface area contributed by atoms with E-state index in [4.69, 9.17) is 10.4 Å². The van der Waals surface area contributed by atoms with Gasteiger partial charge in [0.15, 0.2) is 0 Å².